The number of aryl methyl sites for hydroxylation is 1. The zero-order valence-electron chi connectivity index (χ0n) is 13.6. The lowest BCUT2D eigenvalue weighted by molar-refractivity contribution is -0.115. The van der Waals surface area contributed by atoms with Gasteiger partial charge in [0, 0.05) is 19.7 Å². The van der Waals surface area contributed by atoms with Crippen LogP contribution in [0.2, 0.25) is 0 Å². The highest BCUT2D eigenvalue weighted by atomic mass is 32.2. The van der Waals surface area contributed by atoms with Gasteiger partial charge in [-0.1, -0.05) is 5.10 Å². The fourth-order valence-electron chi connectivity index (χ4n) is 2.07. The quantitative estimate of drug-likeness (QED) is 0.643. The lowest BCUT2D eigenvalue weighted by atomic mass is 10.4. The first-order valence-electron chi connectivity index (χ1n) is 7.45. The maximum Gasteiger partial charge on any atom is 0.322 e. The first-order valence-corrected chi connectivity index (χ1v) is 9.10. The molecule has 0 radical (unpaired) electrons. The second kappa shape index (κ2) is 7.04. The highest BCUT2D eigenvalue weighted by molar-refractivity contribution is 7.91. The molecule has 3 rings (SSSR count). The Bertz CT molecular complexity index is 1030. The Morgan fingerprint density at radius 1 is 1.23 bits per heavy atom. The highest BCUT2D eigenvalue weighted by Crippen LogP contribution is 2.18. The predicted molar refractivity (Wildman–Crippen MR) is 88.2 cm³/mol. The van der Waals surface area contributed by atoms with Crippen LogP contribution in [0, 0.1) is 5.82 Å². The van der Waals surface area contributed by atoms with Crippen LogP contribution >= 0.6 is 0 Å². The molecule has 3 aromatic rings. The fraction of sp³-hybridized carbons (Fsp3) is 0.200. The van der Waals surface area contributed by atoms with Crippen molar-refractivity contribution >= 4 is 21.8 Å². The van der Waals surface area contributed by atoms with Crippen LogP contribution in [0.15, 0.2) is 45.8 Å². The molecule has 0 bridgehead atoms. The molecule has 0 fully saturated rings. The summed E-state index contributed by atoms with van der Waals surface area (Å²) in [5.74, 6) is -1.46. The van der Waals surface area contributed by atoms with Crippen molar-refractivity contribution in [1.29, 1.82) is 0 Å². The molecule has 26 heavy (non-hydrogen) atoms. The van der Waals surface area contributed by atoms with Gasteiger partial charge < -0.3 is 4.42 Å². The molecule has 0 saturated heterocycles. The summed E-state index contributed by atoms with van der Waals surface area (Å²) in [6, 6.07) is 5.90. The molecule has 0 unspecified atom stereocenters. The molecular weight excluding hydrogens is 365 g/mol. The van der Waals surface area contributed by atoms with Crippen LogP contribution in [-0.4, -0.2) is 40.1 Å². The molecule has 0 aliphatic carbocycles. The van der Waals surface area contributed by atoms with Gasteiger partial charge in [-0.2, -0.15) is 5.10 Å². The molecule has 0 atom stereocenters. The zero-order chi connectivity index (χ0) is 18.7. The number of hydrogen-bond donors (Lipinski definition) is 1. The van der Waals surface area contributed by atoms with Gasteiger partial charge in [0.15, 0.2) is 9.84 Å². The Morgan fingerprint density at radius 3 is 2.62 bits per heavy atom. The van der Waals surface area contributed by atoms with Gasteiger partial charge in [-0.15, -0.1) is 5.10 Å². The minimum atomic E-state index is -3.71. The van der Waals surface area contributed by atoms with E-state index in [1.54, 1.807) is 24.0 Å². The number of carbonyl (C=O) groups is 1. The Labute approximate surface area is 147 Å². The topological polar surface area (TPSA) is 120 Å². The van der Waals surface area contributed by atoms with Crippen LogP contribution in [-0.2, 0) is 21.7 Å². The summed E-state index contributed by atoms with van der Waals surface area (Å²) < 4.78 is 43.9. The molecule has 0 aliphatic heterocycles. The molecule has 1 aromatic carbocycles. The summed E-state index contributed by atoms with van der Waals surface area (Å²) in [6.07, 6.45) is 1.37. The molecule has 1 N–H and O–H groups in total. The van der Waals surface area contributed by atoms with Crippen LogP contribution in [0.3, 0.4) is 0 Å². The average molecular weight is 379 g/mol. The van der Waals surface area contributed by atoms with Crippen molar-refractivity contribution in [3.8, 4) is 11.6 Å². The van der Waals surface area contributed by atoms with E-state index in [0.29, 0.717) is 5.69 Å². The molecule has 9 nitrogen and oxygen atoms in total. The molecule has 136 valence electrons. The van der Waals surface area contributed by atoms with E-state index in [9.17, 15) is 17.6 Å². The van der Waals surface area contributed by atoms with E-state index >= 15 is 0 Å². The van der Waals surface area contributed by atoms with Crippen LogP contribution in [0.5, 0.6) is 0 Å². The zero-order valence-corrected chi connectivity index (χ0v) is 14.4. The normalized spacial score (nSPS) is 11.5. The van der Waals surface area contributed by atoms with Crippen molar-refractivity contribution in [2.75, 3.05) is 11.1 Å². The number of nitrogens with one attached hydrogen (secondary N) is 1. The van der Waals surface area contributed by atoms with Gasteiger partial charge in [0.05, 0.1) is 10.6 Å². The molecule has 0 spiro atoms. The lowest BCUT2D eigenvalue weighted by Gasteiger charge is -2.04. The smallest absolute Gasteiger partial charge is 0.322 e. The molecule has 2 aromatic heterocycles. The lowest BCUT2D eigenvalue weighted by Crippen LogP contribution is -2.17. The number of hydrogen-bond acceptors (Lipinski definition) is 7. The van der Waals surface area contributed by atoms with E-state index in [1.807, 2.05) is 0 Å². The number of rotatable bonds is 6. The molecule has 2 heterocycles. The van der Waals surface area contributed by atoms with Crippen molar-refractivity contribution in [3.63, 3.8) is 0 Å². The number of halogens is 1. The van der Waals surface area contributed by atoms with Crippen molar-refractivity contribution in [2.45, 2.75) is 11.3 Å². The molecule has 11 heteroatoms. The second-order valence-electron chi connectivity index (χ2n) is 5.36. The highest BCUT2D eigenvalue weighted by Gasteiger charge is 2.18. The minimum absolute atomic E-state index is 0.0538. The molecule has 1 amide bonds. The summed E-state index contributed by atoms with van der Waals surface area (Å²) in [6.45, 7) is 0. The van der Waals surface area contributed by atoms with Gasteiger partial charge in [-0.05, 0) is 30.3 Å². The third kappa shape index (κ3) is 4.11. The van der Waals surface area contributed by atoms with E-state index in [2.05, 4.69) is 20.6 Å². The minimum Gasteiger partial charge on any atom is -0.401 e. The number of nitrogens with zero attached hydrogens (tertiary/aromatic N) is 4. The largest absolute Gasteiger partial charge is 0.401 e. The van der Waals surface area contributed by atoms with E-state index in [-0.39, 0.29) is 23.2 Å². The van der Waals surface area contributed by atoms with Crippen molar-refractivity contribution in [2.24, 2.45) is 7.05 Å². The van der Waals surface area contributed by atoms with Gasteiger partial charge >= 0.3 is 6.01 Å². The van der Waals surface area contributed by atoms with Crippen LogP contribution < -0.4 is 5.32 Å². The third-order valence-electron chi connectivity index (χ3n) is 3.37. The van der Waals surface area contributed by atoms with Gasteiger partial charge in [-0.3, -0.25) is 14.8 Å². The Hall–Kier alpha value is -3.08. The van der Waals surface area contributed by atoms with Gasteiger partial charge in [0.25, 0.3) is 5.89 Å². The van der Waals surface area contributed by atoms with E-state index in [1.165, 1.54) is 0 Å². The van der Waals surface area contributed by atoms with Crippen LogP contribution in [0.25, 0.3) is 11.6 Å². The first kappa shape index (κ1) is 17.7. The molecular formula is C15H14FN5O4S. The van der Waals surface area contributed by atoms with Crippen LogP contribution in [0.4, 0.5) is 10.4 Å². The maximum atomic E-state index is 12.9. The number of aromatic nitrogens is 4. The summed E-state index contributed by atoms with van der Waals surface area (Å²) in [5, 5.41) is 13.8. The van der Waals surface area contributed by atoms with E-state index in [4.69, 9.17) is 4.42 Å². The van der Waals surface area contributed by atoms with Crippen molar-refractivity contribution in [1.82, 2.24) is 20.0 Å². The monoisotopic (exact) mass is 379 g/mol. The number of amides is 1. The second-order valence-corrected chi connectivity index (χ2v) is 7.47. The standard InChI is InChI=1S/C15H14FN5O4S/c1-21-8-6-12(20-21)14-18-19-15(25-14)17-13(22)7-9-26(23,24)11-4-2-10(16)3-5-11/h2-6,8H,7,9H2,1H3,(H,17,19,22). The van der Waals surface area contributed by atoms with Crippen LogP contribution in [0.1, 0.15) is 6.42 Å². The molecule has 0 aliphatic rings. The van der Waals surface area contributed by atoms with Crippen molar-refractivity contribution < 1.29 is 22.0 Å². The van der Waals surface area contributed by atoms with Crippen molar-refractivity contribution in [3.05, 3.63) is 42.3 Å². The van der Waals surface area contributed by atoms with Gasteiger partial charge in [-0.25, -0.2) is 12.8 Å². The molecule has 0 saturated carbocycles. The number of anilines is 1. The van der Waals surface area contributed by atoms with E-state index < -0.39 is 27.3 Å². The van der Waals surface area contributed by atoms with Gasteiger partial charge in [0.2, 0.25) is 5.91 Å². The summed E-state index contributed by atoms with van der Waals surface area (Å²) >= 11 is 0. The number of sulfone groups is 1. The van der Waals surface area contributed by atoms with Gasteiger partial charge in [0.1, 0.15) is 11.5 Å². The Morgan fingerprint density at radius 2 is 1.96 bits per heavy atom. The number of benzene rings is 1. The summed E-state index contributed by atoms with van der Waals surface area (Å²) in [5.41, 5.74) is 0.444. The Balaban J connectivity index is 1.59. The fourth-order valence-corrected chi connectivity index (χ4v) is 3.32. The average Bonchev–Trinajstić information content (AvgIpc) is 3.22. The number of carbonyl (C=O) groups excluding carboxylic acids is 1. The maximum absolute atomic E-state index is 12.9. The van der Waals surface area contributed by atoms with E-state index in [0.717, 1.165) is 24.3 Å². The third-order valence-corrected chi connectivity index (χ3v) is 5.11. The summed E-state index contributed by atoms with van der Waals surface area (Å²) in [7, 11) is -1.98. The SMILES string of the molecule is Cn1ccc(-c2nnc(NC(=O)CCS(=O)(=O)c3ccc(F)cc3)o2)n1. The predicted octanol–water partition coefficient (Wildman–Crippen LogP) is 1.41. The first-order chi connectivity index (χ1) is 12.3. The summed E-state index contributed by atoms with van der Waals surface area (Å²) in [4.78, 5) is 11.9. The Kier molecular flexibility index (Phi) is 4.80.